The molecule has 0 unspecified atom stereocenters. The van der Waals surface area contributed by atoms with Crippen LogP contribution < -0.4 is 5.32 Å². The number of rotatable bonds is 9. The van der Waals surface area contributed by atoms with Crippen molar-refractivity contribution < 1.29 is 4.74 Å². The van der Waals surface area contributed by atoms with Crippen LogP contribution in [-0.2, 0) is 11.2 Å². The van der Waals surface area contributed by atoms with Crippen LogP contribution in [0.1, 0.15) is 24.8 Å². The van der Waals surface area contributed by atoms with Gasteiger partial charge in [-0.3, -0.25) is 4.99 Å². The molecule has 1 aromatic carbocycles. The maximum atomic E-state index is 5.68. The molecule has 5 heteroatoms. The first kappa shape index (κ1) is 20.2. The second-order valence-corrected chi connectivity index (χ2v) is 6.00. The third kappa shape index (κ3) is 8.55. The summed E-state index contributed by atoms with van der Waals surface area (Å²) in [5, 5.41) is 3.42. The predicted molar refractivity (Wildman–Crippen MR) is 108 cm³/mol. The molecule has 2 rings (SSSR count). The van der Waals surface area contributed by atoms with E-state index in [2.05, 4.69) is 52.6 Å². The number of nitrogens with zero attached hydrogens (tertiary/aromatic N) is 2. The molecular formula is C18H30IN3O. The van der Waals surface area contributed by atoms with Gasteiger partial charge in [0.2, 0.25) is 0 Å². The van der Waals surface area contributed by atoms with E-state index >= 15 is 0 Å². The number of aliphatic imine (C=N–C) groups is 1. The maximum absolute atomic E-state index is 5.68. The van der Waals surface area contributed by atoms with Crippen molar-refractivity contribution in [2.24, 2.45) is 10.9 Å². The number of halogens is 1. The molecule has 0 aromatic heterocycles. The lowest BCUT2D eigenvalue weighted by molar-refractivity contribution is 0.115. The summed E-state index contributed by atoms with van der Waals surface area (Å²) in [7, 11) is 3.90. The van der Waals surface area contributed by atoms with Gasteiger partial charge in [0.1, 0.15) is 0 Å². The average Bonchev–Trinajstić information content (AvgIpc) is 3.37. The Hall–Kier alpha value is -0.820. The first-order valence-corrected chi connectivity index (χ1v) is 8.33. The quantitative estimate of drug-likeness (QED) is 0.283. The third-order valence-electron chi connectivity index (χ3n) is 3.96. The zero-order valence-corrected chi connectivity index (χ0v) is 16.7. The summed E-state index contributed by atoms with van der Waals surface area (Å²) in [5.41, 5.74) is 1.39. The van der Waals surface area contributed by atoms with Crippen molar-refractivity contribution in [3.8, 4) is 0 Å². The van der Waals surface area contributed by atoms with Crippen molar-refractivity contribution in [1.29, 1.82) is 0 Å². The van der Waals surface area contributed by atoms with Crippen LogP contribution in [-0.4, -0.2) is 51.3 Å². The van der Waals surface area contributed by atoms with Gasteiger partial charge >= 0.3 is 0 Å². The Balaban J connectivity index is 0.00000264. The van der Waals surface area contributed by atoms with Crippen LogP contribution in [0.3, 0.4) is 0 Å². The highest BCUT2D eigenvalue weighted by atomic mass is 127. The summed E-state index contributed by atoms with van der Waals surface area (Å²) in [6.45, 7) is 3.52. The fourth-order valence-electron chi connectivity index (χ4n) is 2.36. The smallest absolute Gasteiger partial charge is 0.193 e. The minimum atomic E-state index is 0. The first-order chi connectivity index (χ1) is 10.8. The van der Waals surface area contributed by atoms with E-state index < -0.39 is 0 Å². The largest absolute Gasteiger partial charge is 0.379 e. The summed E-state index contributed by atoms with van der Waals surface area (Å²) >= 11 is 0. The van der Waals surface area contributed by atoms with Crippen LogP contribution in [0.15, 0.2) is 35.3 Å². The molecule has 1 fully saturated rings. The van der Waals surface area contributed by atoms with Gasteiger partial charge in [-0.15, -0.1) is 24.0 Å². The fraction of sp³-hybridized carbons (Fsp3) is 0.611. The topological polar surface area (TPSA) is 36.9 Å². The van der Waals surface area contributed by atoms with E-state index in [0.29, 0.717) is 0 Å². The molecule has 0 spiro atoms. The number of hydrogen-bond acceptors (Lipinski definition) is 2. The number of hydrogen-bond donors (Lipinski definition) is 1. The van der Waals surface area contributed by atoms with Crippen molar-refractivity contribution in [2.45, 2.75) is 25.7 Å². The lowest BCUT2D eigenvalue weighted by Crippen LogP contribution is -2.41. The van der Waals surface area contributed by atoms with Crippen LogP contribution in [0.5, 0.6) is 0 Å². The van der Waals surface area contributed by atoms with Gasteiger partial charge in [0.05, 0.1) is 6.61 Å². The van der Waals surface area contributed by atoms with Gasteiger partial charge in [-0.25, -0.2) is 0 Å². The highest BCUT2D eigenvalue weighted by Gasteiger charge is 2.21. The summed E-state index contributed by atoms with van der Waals surface area (Å²) < 4.78 is 5.68. The van der Waals surface area contributed by atoms with Crippen molar-refractivity contribution >= 4 is 29.9 Å². The molecule has 0 aliphatic heterocycles. The zero-order valence-electron chi connectivity index (χ0n) is 14.3. The van der Waals surface area contributed by atoms with Gasteiger partial charge in [-0.05, 0) is 37.2 Å². The van der Waals surface area contributed by atoms with E-state index in [-0.39, 0.29) is 24.0 Å². The van der Waals surface area contributed by atoms with Crippen LogP contribution >= 0.6 is 24.0 Å². The minimum absolute atomic E-state index is 0. The second-order valence-electron chi connectivity index (χ2n) is 6.00. The van der Waals surface area contributed by atoms with Crippen molar-refractivity contribution in [3.05, 3.63) is 35.9 Å². The van der Waals surface area contributed by atoms with E-state index in [0.717, 1.165) is 51.0 Å². The molecular weight excluding hydrogens is 401 g/mol. The zero-order chi connectivity index (χ0) is 15.6. The Bertz CT molecular complexity index is 449. The van der Waals surface area contributed by atoms with Crippen molar-refractivity contribution in [1.82, 2.24) is 10.2 Å². The first-order valence-electron chi connectivity index (χ1n) is 8.33. The molecule has 1 aliphatic carbocycles. The van der Waals surface area contributed by atoms with Crippen LogP contribution in [0.25, 0.3) is 0 Å². The molecule has 0 heterocycles. The summed E-state index contributed by atoms with van der Waals surface area (Å²) in [6.07, 6.45) is 4.90. The lowest BCUT2D eigenvalue weighted by atomic mass is 10.1. The highest BCUT2D eigenvalue weighted by Crippen LogP contribution is 2.28. The Kier molecular flexibility index (Phi) is 10.3. The molecule has 130 valence electrons. The molecule has 23 heavy (non-hydrogen) atoms. The van der Waals surface area contributed by atoms with Gasteiger partial charge in [0.15, 0.2) is 5.96 Å². The lowest BCUT2D eigenvalue weighted by Gasteiger charge is -2.22. The van der Waals surface area contributed by atoms with Crippen molar-refractivity contribution in [3.63, 3.8) is 0 Å². The van der Waals surface area contributed by atoms with Gasteiger partial charge < -0.3 is 15.0 Å². The van der Waals surface area contributed by atoms with E-state index in [9.17, 15) is 0 Å². The maximum Gasteiger partial charge on any atom is 0.193 e. The molecule has 1 N–H and O–H groups in total. The van der Waals surface area contributed by atoms with Gasteiger partial charge in [0, 0.05) is 33.8 Å². The highest BCUT2D eigenvalue weighted by molar-refractivity contribution is 14.0. The van der Waals surface area contributed by atoms with Crippen LogP contribution in [0.4, 0.5) is 0 Å². The molecule has 0 amide bonds. The Morgan fingerprint density at radius 2 is 2.04 bits per heavy atom. The summed E-state index contributed by atoms with van der Waals surface area (Å²) in [6, 6.07) is 10.6. The number of nitrogens with one attached hydrogen (secondary N) is 1. The molecule has 1 aromatic rings. The molecule has 0 saturated heterocycles. The monoisotopic (exact) mass is 431 g/mol. The van der Waals surface area contributed by atoms with Gasteiger partial charge in [0.25, 0.3) is 0 Å². The number of benzene rings is 1. The van der Waals surface area contributed by atoms with E-state index in [1.807, 2.05) is 7.05 Å². The SMILES string of the molecule is CN=C(NCCCc1ccccc1)N(C)CCOCC1CC1.I. The van der Waals surface area contributed by atoms with Gasteiger partial charge in [-0.1, -0.05) is 30.3 Å². The molecule has 4 nitrogen and oxygen atoms in total. The van der Waals surface area contributed by atoms with E-state index in [1.165, 1.54) is 18.4 Å². The number of ether oxygens (including phenoxy) is 1. The molecule has 0 atom stereocenters. The predicted octanol–water partition coefficient (Wildman–Crippen LogP) is 3.17. The van der Waals surface area contributed by atoms with E-state index in [1.54, 1.807) is 0 Å². The Morgan fingerprint density at radius 1 is 1.30 bits per heavy atom. The second kappa shape index (κ2) is 11.7. The minimum Gasteiger partial charge on any atom is -0.379 e. The number of likely N-dealkylation sites (N-methyl/N-ethyl adjacent to an activating group) is 1. The molecule has 0 radical (unpaired) electrons. The van der Waals surface area contributed by atoms with Crippen molar-refractivity contribution in [2.75, 3.05) is 40.4 Å². The average molecular weight is 431 g/mol. The summed E-state index contributed by atoms with van der Waals surface area (Å²) in [5.74, 6) is 1.78. The Morgan fingerprint density at radius 3 is 2.70 bits per heavy atom. The number of aryl methyl sites for hydroxylation is 1. The number of guanidine groups is 1. The van der Waals surface area contributed by atoms with E-state index in [4.69, 9.17) is 4.74 Å². The van der Waals surface area contributed by atoms with Crippen LogP contribution in [0.2, 0.25) is 0 Å². The fourth-order valence-corrected chi connectivity index (χ4v) is 2.36. The molecule has 1 aliphatic rings. The standard InChI is InChI=1S/C18H29N3O.HI/c1-19-18(21(2)13-14-22-15-17-10-11-17)20-12-6-9-16-7-4-3-5-8-16;/h3-5,7-8,17H,6,9-15H2,1-2H3,(H,19,20);1H. The van der Waals surface area contributed by atoms with Crippen LogP contribution in [0, 0.1) is 5.92 Å². The summed E-state index contributed by atoms with van der Waals surface area (Å²) in [4.78, 5) is 6.47. The van der Waals surface area contributed by atoms with Gasteiger partial charge in [-0.2, -0.15) is 0 Å². The Labute approximate surface area is 157 Å². The molecule has 0 bridgehead atoms. The molecule has 1 saturated carbocycles. The third-order valence-corrected chi connectivity index (χ3v) is 3.96. The normalized spacial score (nSPS) is 14.3.